The van der Waals surface area contributed by atoms with Gasteiger partial charge in [0.1, 0.15) is 0 Å². The molecule has 3 heterocycles. The SMILES string of the molecule is C1=CCCC(C2=NC(N3c4ccccc4C4C=CC(c5ccc6c7ccccc7n(C7C=CC=CC7)c6c5)=CC43)=NC(C3=CC=CCC3)C2)=C1. The number of aliphatic imine (C=N–C) groups is 2. The van der Waals surface area contributed by atoms with Gasteiger partial charge in [-0.3, -0.25) is 0 Å². The van der Waals surface area contributed by atoms with E-state index in [0.29, 0.717) is 6.04 Å². The lowest BCUT2D eigenvalue weighted by molar-refractivity contribution is 0.648. The second kappa shape index (κ2) is 12.1. The summed E-state index contributed by atoms with van der Waals surface area (Å²) in [4.78, 5) is 13.4. The fourth-order valence-corrected chi connectivity index (χ4v) is 8.90. The van der Waals surface area contributed by atoms with E-state index >= 15 is 0 Å². The van der Waals surface area contributed by atoms with Crippen molar-refractivity contribution >= 4 is 44.7 Å². The van der Waals surface area contributed by atoms with Gasteiger partial charge in [0.2, 0.25) is 5.96 Å². The first kappa shape index (κ1) is 29.4. The molecule has 0 saturated heterocycles. The number of nitrogens with zero attached hydrogens (tertiary/aromatic N) is 4. The van der Waals surface area contributed by atoms with Gasteiger partial charge in [0.25, 0.3) is 0 Å². The summed E-state index contributed by atoms with van der Waals surface area (Å²) in [5.74, 6) is 1.08. The van der Waals surface area contributed by atoms with E-state index in [1.54, 1.807) is 0 Å². The second-order valence-corrected chi connectivity index (χ2v) is 14.2. The molecular weight excluding hydrogens is 609 g/mol. The Labute approximate surface area is 293 Å². The molecule has 2 aliphatic heterocycles. The summed E-state index contributed by atoms with van der Waals surface area (Å²) in [6.45, 7) is 0. The number of guanidine groups is 1. The van der Waals surface area contributed by atoms with Crippen molar-refractivity contribution in [2.75, 3.05) is 4.90 Å². The minimum absolute atomic E-state index is 0.0864. The van der Waals surface area contributed by atoms with Crippen LogP contribution in [0, 0.1) is 0 Å². The summed E-state index contributed by atoms with van der Waals surface area (Å²) in [7, 11) is 0. The standard InChI is InChI=1S/C46H40N4/c1-4-14-31(15-5-1)40-30-41(32-16-6-2-7-17-32)48-46(47-40)50-43-23-13-11-21-37(43)39-27-25-34(29-45(39)50)33-24-26-38-36-20-10-12-22-42(36)49(44(38)28-33)35-18-8-3-9-19-35/h1-4,6,8-14,16,18,20-29,35,39-40,45H,5,7,15,17,19,30H2. The summed E-state index contributed by atoms with van der Waals surface area (Å²) < 4.78 is 2.54. The van der Waals surface area contributed by atoms with Crippen LogP contribution in [-0.4, -0.2) is 28.3 Å². The minimum atomic E-state index is 0.0864. The Hall–Kier alpha value is -5.48. The molecule has 0 saturated carbocycles. The van der Waals surface area contributed by atoms with Crippen molar-refractivity contribution in [1.82, 2.24) is 4.57 Å². The summed E-state index contributed by atoms with van der Waals surface area (Å²) in [6.07, 6.45) is 35.8. The van der Waals surface area contributed by atoms with Gasteiger partial charge in [0, 0.05) is 34.3 Å². The third-order valence-electron chi connectivity index (χ3n) is 11.4. The van der Waals surface area contributed by atoms with Gasteiger partial charge in [0.15, 0.2) is 0 Å². The molecule has 3 aromatic carbocycles. The quantitative estimate of drug-likeness (QED) is 0.217. The molecule has 4 unspecified atom stereocenters. The van der Waals surface area contributed by atoms with Crippen LogP contribution in [0.3, 0.4) is 0 Å². The largest absolute Gasteiger partial charge is 0.333 e. The number of para-hydroxylation sites is 2. The van der Waals surface area contributed by atoms with E-state index in [1.807, 2.05) is 0 Å². The van der Waals surface area contributed by atoms with Crippen molar-refractivity contribution in [3.8, 4) is 0 Å². The normalized spacial score (nSPS) is 25.3. The molecule has 0 radical (unpaired) electrons. The molecule has 1 aromatic heterocycles. The highest BCUT2D eigenvalue weighted by atomic mass is 15.3. The molecule has 0 fully saturated rings. The number of rotatable bonds is 4. The van der Waals surface area contributed by atoms with E-state index in [9.17, 15) is 0 Å². The van der Waals surface area contributed by atoms with Crippen LogP contribution >= 0.6 is 0 Å². The van der Waals surface area contributed by atoms with Gasteiger partial charge in [-0.15, -0.1) is 0 Å². The summed E-state index contributed by atoms with van der Waals surface area (Å²) in [5.41, 5.74) is 11.6. The lowest BCUT2D eigenvalue weighted by Crippen LogP contribution is -2.41. The summed E-state index contributed by atoms with van der Waals surface area (Å²) in [6, 6.07) is 25.3. The number of aromatic nitrogens is 1. The third kappa shape index (κ3) is 4.88. The Morgan fingerprint density at radius 1 is 0.740 bits per heavy atom. The van der Waals surface area contributed by atoms with Gasteiger partial charge >= 0.3 is 0 Å². The van der Waals surface area contributed by atoms with E-state index in [2.05, 4.69) is 155 Å². The number of hydrogen-bond donors (Lipinski definition) is 0. The van der Waals surface area contributed by atoms with Gasteiger partial charge in [-0.05, 0) is 78.1 Å². The molecule has 244 valence electrons. The van der Waals surface area contributed by atoms with E-state index < -0.39 is 0 Å². The molecular formula is C46H40N4. The molecule has 50 heavy (non-hydrogen) atoms. The van der Waals surface area contributed by atoms with Crippen LogP contribution in [0.2, 0.25) is 0 Å². The van der Waals surface area contributed by atoms with Crippen LogP contribution in [-0.2, 0) is 0 Å². The molecule has 0 amide bonds. The van der Waals surface area contributed by atoms with Crippen LogP contribution in [0.1, 0.15) is 61.6 Å². The highest BCUT2D eigenvalue weighted by Gasteiger charge is 2.41. The number of hydrogen-bond acceptors (Lipinski definition) is 3. The monoisotopic (exact) mass is 648 g/mol. The lowest BCUT2D eigenvalue weighted by atomic mass is 9.86. The molecule has 4 heteroatoms. The first-order valence-corrected chi connectivity index (χ1v) is 18.3. The summed E-state index contributed by atoms with van der Waals surface area (Å²) >= 11 is 0. The van der Waals surface area contributed by atoms with Crippen LogP contribution in [0.15, 0.2) is 167 Å². The lowest BCUT2D eigenvalue weighted by Gasteiger charge is -2.33. The molecule has 10 rings (SSSR count). The summed E-state index contributed by atoms with van der Waals surface area (Å²) in [5, 5.41) is 2.62. The van der Waals surface area contributed by atoms with Gasteiger partial charge in [0.05, 0.1) is 29.4 Å². The van der Waals surface area contributed by atoms with Gasteiger partial charge in [-0.1, -0.05) is 128 Å². The Morgan fingerprint density at radius 2 is 1.60 bits per heavy atom. The molecule has 4 atom stereocenters. The van der Waals surface area contributed by atoms with E-state index in [0.717, 1.165) is 44.5 Å². The molecule has 4 aromatic rings. The number of benzene rings is 3. The number of anilines is 1. The fraction of sp³-hybridized carbons (Fsp3) is 0.217. The fourth-order valence-electron chi connectivity index (χ4n) is 8.90. The first-order valence-electron chi connectivity index (χ1n) is 18.3. The zero-order valence-corrected chi connectivity index (χ0v) is 28.2. The third-order valence-corrected chi connectivity index (χ3v) is 11.4. The van der Waals surface area contributed by atoms with Crippen LogP contribution in [0.25, 0.3) is 27.4 Å². The smallest absolute Gasteiger partial charge is 0.226 e. The van der Waals surface area contributed by atoms with E-state index in [4.69, 9.17) is 9.98 Å². The second-order valence-electron chi connectivity index (χ2n) is 14.2. The highest BCUT2D eigenvalue weighted by molar-refractivity contribution is 6.14. The van der Waals surface area contributed by atoms with Crippen molar-refractivity contribution in [3.63, 3.8) is 0 Å². The van der Waals surface area contributed by atoms with E-state index in [-0.39, 0.29) is 18.0 Å². The van der Waals surface area contributed by atoms with Crippen molar-refractivity contribution in [2.24, 2.45) is 9.98 Å². The Morgan fingerprint density at radius 3 is 2.46 bits per heavy atom. The van der Waals surface area contributed by atoms with Gasteiger partial charge in [-0.25, -0.2) is 9.98 Å². The van der Waals surface area contributed by atoms with Gasteiger partial charge in [-0.2, -0.15) is 0 Å². The average Bonchev–Trinajstić information content (AvgIpc) is 3.71. The maximum absolute atomic E-state index is 5.49. The molecule has 6 aliphatic rings. The Kier molecular flexibility index (Phi) is 7.14. The first-order chi connectivity index (χ1) is 24.8. The minimum Gasteiger partial charge on any atom is -0.333 e. The predicted octanol–water partition coefficient (Wildman–Crippen LogP) is 10.9. The zero-order chi connectivity index (χ0) is 33.0. The van der Waals surface area contributed by atoms with E-state index in [1.165, 1.54) is 61.1 Å². The van der Waals surface area contributed by atoms with Crippen molar-refractivity contribution in [1.29, 1.82) is 0 Å². The molecule has 0 bridgehead atoms. The predicted molar refractivity (Wildman–Crippen MR) is 210 cm³/mol. The topological polar surface area (TPSA) is 32.9 Å². The van der Waals surface area contributed by atoms with Crippen LogP contribution in [0.5, 0.6) is 0 Å². The zero-order valence-electron chi connectivity index (χ0n) is 28.2. The van der Waals surface area contributed by atoms with Crippen molar-refractivity contribution < 1.29 is 0 Å². The number of allylic oxidation sites excluding steroid dienone is 13. The molecule has 0 N–H and O–H groups in total. The van der Waals surface area contributed by atoms with Gasteiger partial charge < -0.3 is 9.47 Å². The maximum atomic E-state index is 5.49. The molecule has 0 spiro atoms. The number of fused-ring (bicyclic) bond motifs is 6. The average molecular weight is 649 g/mol. The van der Waals surface area contributed by atoms with Crippen LogP contribution in [0.4, 0.5) is 5.69 Å². The molecule has 4 aliphatic carbocycles. The maximum Gasteiger partial charge on any atom is 0.226 e. The molecule has 4 nitrogen and oxygen atoms in total. The Balaban J connectivity index is 1.09. The highest BCUT2D eigenvalue weighted by Crippen LogP contribution is 2.47. The van der Waals surface area contributed by atoms with Crippen molar-refractivity contribution in [3.05, 3.63) is 168 Å². The van der Waals surface area contributed by atoms with Crippen LogP contribution < -0.4 is 4.90 Å². The van der Waals surface area contributed by atoms with Crippen molar-refractivity contribution in [2.45, 2.75) is 62.6 Å². The Bertz CT molecular complexity index is 2360.